The number of hydrogen-bond donors (Lipinski definition) is 1. The van der Waals surface area contributed by atoms with Gasteiger partial charge < -0.3 is 10.2 Å². The van der Waals surface area contributed by atoms with E-state index in [-0.39, 0.29) is 5.69 Å². The summed E-state index contributed by atoms with van der Waals surface area (Å²) in [7, 11) is 0. The van der Waals surface area contributed by atoms with E-state index in [2.05, 4.69) is 10.2 Å². The van der Waals surface area contributed by atoms with E-state index in [0.29, 0.717) is 17.0 Å². The number of rotatable bonds is 3. The quantitative estimate of drug-likeness (QED) is 0.684. The van der Waals surface area contributed by atoms with Gasteiger partial charge in [0.25, 0.3) is 5.69 Å². The molecule has 5 nitrogen and oxygen atoms in total. The van der Waals surface area contributed by atoms with Gasteiger partial charge in [-0.1, -0.05) is 11.6 Å². The Balaban J connectivity index is 1.75. The number of benzene rings is 1. The van der Waals surface area contributed by atoms with Gasteiger partial charge in [0.2, 0.25) is 0 Å². The smallest absolute Gasteiger partial charge is 0.271 e. The molecule has 6 heteroatoms. The fourth-order valence-corrected chi connectivity index (χ4v) is 3.29. The molecule has 0 aliphatic carbocycles. The molecule has 0 radical (unpaired) electrons. The van der Waals surface area contributed by atoms with Gasteiger partial charge in [0, 0.05) is 24.7 Å². The minimum Gasteiger partial charge on any atom is -0.380 e. The molecular formula is C13H16ClN3O2. The van der Waals surface area contributed by atoms with Crippen LogP contribution in [0.15, 0.2) is 18.2 Å². The van der Waals surface area contributed by atoms with Crippen molar-refractivity contribution in [3.63, 3.8) is 0 Å². The van der Waals surface area contributed by atoms with E-state index < -0.39 is 4.92 Å². The molecule has 0 unspecified atom stereocenters. The highest BCUT2D eigenvalue weighted by Crippen LogP contribution is 2.33. The zero-order valence-corrected chi connectivity index (χ0v) is 11.3. The Morgan fingerprint density at radius 1 is 1.37 bits per heavy atom. The molecule has 3 saturated heterocycles. The van der Waals surface area contributed by atoms with Crippen molar-refractivity contribution in [1.82, 2.24) is 4.90 Å². The van der Waals surface area contributed by atoms with Crippen LogP contribution in [0.5, 0.6) is 0 Å². The van der Waals surface area contributed by atoms with Crippen LogP contribution in [-0.4, -0.2) is 35.5 Å². The standard InChI is InChI=1S/C13H16ClN3O2/c14-11-7-10(17(18)19)1-2-12(11)15-13-8-16-5-3-9(13)4-6-16/h1-2,7,9,13,15H,3-6,8H2/t13-/m0/s1. The summed E-state index contributed by atoms with van der Waals surface area (Å²) in [4.78, 5) is 12.7. The van der Waals surface area contributed by atoms with Crippen molar-refractivity contribution in [2.75, 3.05) is 25.0 Å². The third-order valence-electron chi connectivity index (χ3n) is 4.16. The molecule has 19 heavy (non-hydrogen) atoms. The molecule has 2 bridgehead atoms. The van der Waals surface area contributed by atoms with Crippen LogP contribution in [0.25, 0.3) is 0 Å². The van der Waals surface area contributed by atoms with Crippen molar-refractivity contribution in [3.05, 3.63) is 33.3 Å². The SMILES string of the molecule is O=[N+]([O-])c1ccc(N[C@H]2CN3CCC2CC3)c(Cl)c1. The summed E-state index contributed by atoms with van der Waals surface area (Å²) in [5.41, 5.74) is 0.829. The molecule has 1 aromatic carbocycles. The maximum atomic E-state index is 10.7. The van der Waals surface area contributed by atoms with Crippen molar-refractivity contribution in [2.24, 2.45) is 5.92 Å². The Labute approximate surface area is 116 Å². The van der Waals surface area contributed by atoms with Gasteiger partial charge in [0.15, 0.2) is 0 Å². The molecule has 0 spiro atoms. The average molecular weight is 282 g/mol. The summed E-state index contributed by atoms with van der Waals surface area (Å²) >= 11 is 6.11. The molecule has 1 atom stereocenters. The second-order valence-electron chi connectivity index (χ2n) is 5.31. The first-order valence-corrected chi connectivity index (χ1v) is 6.94. The molecular weight excluding hydrogens is 266 g/mol. The van der Waals surface area contributed by atoms with Crippen LogP contribution in [0.4, 0.5) is 11.4 Å². The molecule has 3 heterocycles. The summed E-state index contributed by atoms with van der Waals surface area (Å²) in [6.07, 6.45) is 2.45. The van der Waals surface area contributed by atoms with Gasteiger partial charge in [-0.25, -0.2) is 0 Å². The molecule has 3 aliphatic rings. The van der Waals surface area contributed by atoms with E-state index >= 15 is 0 Å². The Kier molecular flexibility index (Phi) is 3.33. The molecule has 0 amide bonds. The second-order valence-corrected chi connectivity index (χ2v) is 5.72. The van der Waals surface area contributed by atoms with Gasteiger partial charge in [0.05, 0.1) is 15.6 Å². The highest BCUT2D eigenvalue weighted by Gasteiger charge is 2.34. The van der Waals surface area contributed by atoms with Crippen LogP contribution in [0, 0.1) is 16.0 Å². The van der Waals surface area contributed by atoms with E-state index in [1.54, 1.807) is 6.07 Å². The number of nitrogens with zero attached hydrogens (tertiary/aromatic N) is 2. The lowest BCUT2D eigenvalue weighted by Gasteiger charge is -2.45. The van der Waals surface area contributed by atoms with E-state index in [1.807, 2.05) is 0 Å². The number of hydrogen-bond acceptors (Lipinski definition) is 4. The Hall–Kier alpha value is -1.33. The number of nitrogens with one attached hydrogen (secondary N) is 1. The third kappa shape index (κ3) is 2.53. The number of piperidine rings is 3. The fourth-order valence-electron chi connectivity index (χ4n) is 3.06. The topological polar surface area (TPSA) is 58.4 Å². The highest BCUT2D eigenvalue weighted by molar-refractivity contribution is 6.33. The molecule has 4 rings (SSSR count). The first-order valence-electron chi connectivity index (χ1n) is 6.56. The lowest BCUT2D eigenvalue weighted by molar-refractivity contribution is -0.384. The lowest BCUT2D eigenvalue weighted by Crippen LogP contribution is -2.53. The number of fused-ring (bicyclic) bond motifs is 3. The maximum Gasteiger partial charge on any atom is 0.271 e. The third-order valence-corrected chi connectivity index (χ3v) is 4.47. The van der Waals surface area contributed by atoms with Gasteiger partial charge in [-0.15, -0.1) is 0 Å². The maximum absolute atomic E-state index is 10.7. The highest BCUT2D eigenvalue weighted by atomic mass is 35.5. The lowest BCUT2D eigenvalue weighted by atomic mass is 9.84. The summed E-state index contributed by atoms with van der Waals surface area (Å²) in [6.45, 7) is 3.42. The fraction of sp³-hybridized carbons (Fsp3) is 0.538. The van der Waals surface area contributed by atoms with Gasteiger partial charge in [-0.2, -0.15) is 0 Å². The van der Waals surface area contributed by atoms with Crippen molar-refractivity contribution in [2.45, 2.75) is 18.9 Å². The first-order chi connectivity index (χ1) is 9.13. The minimum absolute atomic E-state index is 0.0319. The summed E-state index contributed by atoms with van der Waals surface area (Å²) in [5, 5.41) is 14.6. The monoisotopic (exact) mass is 281 g/mol. The summed E-state index contributed by atoms with van der Waals surface area (Å²) < 4.78 is 0. The molecule has 0 saturated carbocycles. The van der Waals surface area contributed by atoms with Crippen LogP contribution >= 0.6 is 11.6 Å². The number of nitro benzene ring substituents is 1. The van der Waals surface area contributed by atoms with Crippen molar-refractivity contribution in [3.8, 4) is 0 Å². The Bertz CT molecular complexity index is 501. The second kappa shape index (κ2) is 4.98. The van der Waals surface area contributed by atoms with E-state index in [4.69, 9.17) is 11.6 Å². The number of anilines is 1. The van der Waals surface area contributed by atoms with Gasteiger partial charge in [-0.05, 0) is 37.9 Å². The van der Waals surface area contributed by atoms with Crippen LogP contribution in [0.3, 0.4) is 0 Å². The van der Waals surface area contributed by atoms with Crippen LogP contribution < -0.4 is 5.32 Å². The zero-order chi connectivity index (χ0) is 13.4. The number of halogens is 1. The predicted molar refractivity (Wildman–Crippen MR) is 74.7 cm³/mol. The van der Waals surface area contributed by atoms with E-state index in [0.717, 1.165) is 12.2 Å². The normalized spacial score (nSPS) is 29.2. The van der Waals surface area contributed by atoms with Crippen LogP contribution in [0.2, 0.25) is 5.02 Å². The van der Waals surface area contributed by atoms with E-state index in [1.165, 1.54) is 38.1 Å². The number of nitro groups is 1. The van der Waals surface area contributed by atoms with Crippen LogP contribution in [0.1, 0.15) is 12.8 Å². The predicted octanol–water partition coefficient (Wildman–Crippen LogP) is 2.75. The number of non-ortho nitro benzene ring substituents is 1. The van der Waals surface area contributed by atoms with Crippen molar-refractivity contribution >= 4 is 23.0 Å². The molecule has 1 N–H and O–H groups in total. The average Bonchev–Trinajstić information content (AvgIpc) is 2.42. The minimum atomic E-state index is -0.427. The largest absolute Gasteiger partial charge is 0.380 e. The van der Waals surface area contributed by atoms with Gasteiger partial charge in [0.1, 0.15) is 0 Å². The Morgan fingerprint density at radius 2 is 2.11 bits per heavy atom. The molecule has 0 aromatic heterocycles. The molecule has 3 fully saturated rings. The summed E-state index contributed by atoms with van der Waals surface area (Å²) in [6, 6.07) is 5.01. The van der Waals surface area contributed by atoms with Gasteiger partial charge in [-0.3, -0.25) is 10.1 Å². The molecule has 3 aliphatic heterocycles. The van der Waals surface area contributed by atoms with Gasteiger partial charge >= 0.3 is 0 Å². The first kappa shape index (κ1) is 12.7. The molecule has 1 aromatic rings. The zero-order valence-electron chi connectivity index (χ0n) is 10.5. The summed E-state index contributed by atoms with van der Waals surface area (Å²) in [5.74, 6) is 0.691. The Morgan fingerprint density at radius 3 is 2.63 bits per heavy atom. The van der Waals surface area contributed by atoms with Crippen molar-refractivity contribution in [1.29, 1.82) is 0 Å². The van der Waals surface area contributed by atoms with E-state index in [9.17, 15) is 10.1 Å². The van der Waals surface area contributed by atoms with Crippen LogP contribution in [-0.2, 0) is 0 Å². The molecule has 102 valence electrons. The van der Waals surface area contributed by atoms with Crippen molar-refractivity contribution < 1.29 is 4.92 Å².